The Labute approximate surface area is 138 Å². The first-order valence-corrected chi connectivity index (χ1v) is 8.42. The van der Waals surface area contributed by atoms with E-state index in [0.29, 0.717) is 5.82 Å². The summed E-state index contributed by atoms with van der Waals surface area (Å²) in [5.41, 5.74) is 1.92. The van der Waals surface area contributed by atoms with E-state index in [2.05, 4.69) is 46.2 Å². The van der Waals surface area contributed by atoms with E-state index in [1.807, 2.05) is 7.05 Å². The molecular weight excluding hydrogens is 288 g/mol. The normalized spacial score (nSPS) is 18.2. The zero-order valence-corrected chi connectivity index (χ0v) is 14.1. The zero-order chi connectivity index (χ0) is 16.3. The Balaban J connectivity index is 1.47. The number of piperidine rings is 1. The number of aryl methyl sites for hydroxylation is 3. The minimum Gasteiger partial charge on any atom is -0.382 e. The van der Waals surface area contributed by atoms with Gasteiger partial charge in [-0.2, -0.15) is 5.10 Å². The molecule has 1 saturated heterocycles. The summed E-state index contributed by atoms with van der Waals surface area (Å²) >= 11 is 0. The van der Waals surface area contributed by atoms with Gasteiger partial charge >= 0.3 is 0 Å². The fourth-order valence-corrected chi connectivity index (χ4v) is 3.46. The number of hydrogen-bond donors (Lipinski definition) is 1. The van der Waals surface area contributed by atoms with Crippen molar-refractivity contribution >= 4 is 0 Å². The van der Waals surface area contributed by atoms with Gasteiger partial charge in [0.15, 0.2) is 5.82 Å². The monoisotopic (exact) mass is 314 g/mol. The number of aromatic nitrogens is 3. The van der Waals surface area contributed by atoms with E-state index in [-0.39, 0.29) is 0 Å². The minimum atomic E-state index is -0.821. The second-order valence-corrected chi connectivity index (χ2v) is 6.67. The highest BCUT2D eigenvalue weighted by Gasteiger charge is 2.37. The van der Waals surface area contributed by atoms with E-state index in [1.165, 1.54) is 17.5 Å². The van der Waals surface area contributed by atoms with Gasteiger partial charge in [0, 0.05) is 20.1 Å². The highest BCUT2D eigenvalue weighted by molar-refractivity contribution is 5.22. The summed E-state index contributed by atoms with van der Waals surface area (Å²) in [7, 11) is 1.84. The number of aliphatic hydroxyl groups is 1. The summed E-state index contributed by atoms with van der Waals surface area (Å²) in [5, 5.41) is 14.9. The van der Waals surface area contributed by atoms with Gasteiger partial charge in [-0.05, 0) is 44.7 Å². The van der Waals surface area contributed by atoms with Crippen LogP contribution in [0.25, 0.3) is 0 Å². The van der Waals surface area contributed by atoms with Crippen LogP contribution in [0.4, 0.5) is 0 Å². The maximum atomic E-state index is 10.8. The summed E-state index contributed by atoms with van der Waals surface area (Å²) in [6, 6.07) is 8.74. The lowest BCUT2D eigenvalue weighted by atomic mass is 9.90. The molecule has 124 valence electrons. The third-order valence-corrected chi connectivity index (χ3v) is 4.83. The molecule has 2 aromatic rings. The molecule has 1 aromatic heterocycles. The van der Waals surface area contributed by atoms with E-state index < -0.39 is 5.60 Å². The smallest absolute Gasteiger partial charge is 0.158 e. The maximum Gasteiger partial charge on any atom is 0.158 e. The van der Waals surface area contributed by atoms with E-state index in [9.17, 15) is 5.11 Å². The van der Waals surface area contributed by atoms with Crippen LogP contribution in [-0.4, -0.2) is 44.4 Å². The molecular formula is C18H26N4O. The van der Waals surface area contributed by atoms with Crippen molar-refractivity contribution in [2.24, 2.45) is 7.05 Å². The van der Waals surface area contributed by atoms with Crippen LogP contribution in [0.1, 0.15) is 36.2 Å². The average Bonchev–Trinajstić information content (AvgIpc) is 2.97. The second kappa shape index (κ2) is 6.81. The van der Waals surface area contributed by atoms with Crippen LogP contribution in [0.3, 0.4) is 0 Å². The van der Waals surface area contributed by atoms with Crippen LogP contribution in [0.2, 0.25) is 0 Å². The molecule has 5 heteroatoms. The number of hydrogen-bond acceptors (Lipinski definition) is 4. The number of benzene rings is 1. The standard InChI is InChI=1S/C18H26N4O/c1-15-5-3-6-16(13-15)7-4-10-22-11-8-18(23,9-12-22)17-19-14-20-21(17)2/h3,5-6,13-14,23H,4,7-12H2,1-2H3. The molecule has 3 rings (SSSR count). The lowest BCUT2D eigenvalue weighted by Gasteiger charge is -2.37. The summed E-state index contributed by atoms with van der Waals surface area (Å²) in [4.78, 5) is 6.67. The van der Waals surface area contributed by atoms with E-state index in [0.717, 1.165) is 45.3 Å². The molecule has 1 aliphatic rings. The Morgan fingerprint density at radius 3 is 2.70 bits per heavy atom. The molecule has 0 spiro atoms. The van der Waals surface area contributed by atoms with Gasteiger partial charge in [-0.1, -0.05) is 29.8 Å². The maximum absolute atomic E-state index is 10.8. The largest absolute Gasteiger partial charge is 0.382 e. The molecule has 1 aromatic carbocycles. The van der Waals surface area contributed by atoms with Crippen molar-refractivity contribution in [1.82, 2.24) is 19.7 Å². The summed E-state index contributed by atoms with van der Waals surface area (Å²) in [6.07, 6.45) is 5.24. The van der Waals surface area contributed by atoms with Crippen molar-refractivity contribution in [2.75, 3.05) is 19.6 Å². The third-order valence-electron chi connectivity index (χ3n) is 4.83. The van der Waals surface area contributed by atoms with Crippen molar-refractivity contribution in [2.45, 2.75) is 38.2 Å². The van der Waals surface area contributed by atoms with E-state index in [4.69, 9.17) is 0 Å². The highest BCUT2D eigenvalue weighted by Crippen LogP contribution is 2.31. The van der Waals surface area contributed by atoms with Crippen LogP contribution in [0.5, 0.6) is 0 Å². The van der Waals surface area contributed by atoms with Gasteiger partial charge < -0.3 is 10.0 Å². The molecule has 5 nitrogen and oxygen atoms in total. The molecule has 0 aliphatic carbocycles. The van der Waals surface area contributed by atoms with Crippen molar-refractivity contribution in [1.29, 1.82) is 0 Å². The van der Waals surface area contributed by atoms with Crippen molar-refractivity contribution < 1.29 is 5.11 Å². The van der Waals surface area contributed by atoms with Gasteiger partial charge in [0.25, 0.3) is 0 Å². The predicted molar refractivity (Wildman–Crippen MR) is 90.1 cm³/mol. The fourth-order valence-electron chi connectivity index (χ4n) is 3.46. The molecule has 1 aliphatic heterocycles. The Bertz CT molecular complexity index is 644. The first kappa shape index (κ1) is 16.1. The topological polar surface area (TPSA) is 54.2 Å². The van der Waals surface area contributed by atoms with Gasteiger partial charge in [0.1, 0.15) is 11.9 Å². The Morgan fingerprint density at radius 1 is 1.26 bits per heavy atom. The minimum absolute atomic E-state index is 0.692. The quantitative estimate of drug-likeness (QED) is 0.917. The van der Waals surface area contributed by atoms with E-state index in [1.54, 1.807) is 4.68 Å². The van der Waals surface area contributed by atoms with Gasteiger partial charge in [-0.15, -0.1) is 0 Å². The van der Waals surface area contributed by atoms with Crippen molar-refractivity contribution in [3.05, 3.63) is 47.5 Å². The summed E-state index contributed by atoms with van der Waals surface area (Å²) < 4.78 is 1.69. The summed E-state index contributed by atoms with van der Waals surface area (Å²) in [6.45, 7) is 5.05. The molecule has 1 fully saturated rings. The molecule has 0 unspecified atom stereocenters. The zero-order valence-electron chi connectivity index (χ0n) is 14.1. The predicted octanol–water partition coefficient (Wildman–Crippen LogP) is 2.04. The number of likely N-dealkylation sites (tertiary alicyclic amines) is 1. The molecule has 0 radical (unpaired) electrons. The first-order valence-electron chi connectivity index (χ1n) is 8.42. The van der Waals surface area contributed by atoms with Crippen molar-refractivity contribution in [3.8, 4) is 0 Å². The third kappa shape index (κ3) is 3.79. The van der Waals surface area contributed by atoms with Gasteiger partial charge in [-0.3, -0.25) is 4.68 Å². The molecule has 2 heterocycles. The lowest BCUT2D eigenvalue weighted by molar-refractivity contribution is -0.0355. The van der Waals surface area contributed by atoms with Gasteiger partial charge in [0.05, 0.1) is 0 Å². The van der Waals surface area contributed by atoms with E-state index >= 15 is 0 Å². The van der Waals surface area contributed by atoms with Crippen LogP contribution in [0.15, 0.2) is 30.6 Å². The van der Waals surface area contributed by atoms with Crippen LogP contribution >= 0.6 is 0 Å². The van der Waals surface area contributed by atoms with Crippen LogP contribution in [0, 0.1) is 6.92 Å². The molecule has 23 heavy (non-hydrogen) atoms. The number of rotatable bonds is 5. The Morgan fingerprint density at radius 2 is 2.04 bits per heavy atom. The SMILES string of the molecule is Cc1cccc(CCCN2CCC(O)(c3ncnn3C)CC2)c1. The molecule has 0 bridgehead atoms. The van der Waals surface area contributed by atoms with Crippen LogP contribution < -0.4 is 0 Å². The molecule has 1 N–H and O–H groups in total. The molecule has 0 atom stereocenters. The van der Waals surface area contributed by atoms with Crippen LogP contribution in [-0.2, 0) is 19.1 Å². The average molecular weight is 314 g/mol. The lowest BCUT2D eigenvalue weighted by Crippen LogP contribution is -2.44. The second-order valence-electron chi connectivity index (χ2n) is 6.67. The molecule has 0 amide bonds. The van der Waals surface area contributed by atoms with Gasteiger partial charge in [0.2, 0.25) is 0 Å². The summed E-state index contributed by atoms with van der Waals surface area (Å²) in [5.74, 6) is 0.692. The molecule has 0 saturated carbocycles. The Hall–Kier alpha value is -1.72. The van der Waals surface area contributed by atoms with Crippen molar-refractivity contribution in [3.63, 3.8) is 0 Å². The highest BCUT2D eigenvalue weighted by atomic mass is 16.3. The Kier molecular flexibility index (Phi) is 4.78. The number of nitrogens with zero attached hydrogens (tertiary/aromatic N) is 4. The van der Waals surface area contributed by atoms with Gasteiger partial charge in [-0.25, -0.2) is 4.98 Å². The fraction of sp³-hybridized carbons (Fsp3) is 0.556. The first-order chi connectivity index (χ1) is 11.1.